The van der Waals surface area contributed by atoms with Crippen molar-refractivity contribution in [3.05, 3.63) is 75.0 Å². The van der Waals surface area contributed by atoms with Crippen LogP contribution < -0.4 is 10.2 Å². The molecule has 2 N–H and O–H groups in total. The maximum Gasteiger partial charge on any atom is 0.329 e. The van der Waals surface area contributed by atoms with Gasteiger partial charge in [0.1, 0.15) is 16.8 Å². The zero-order chi connectivity index (χ0) is 25.1. The molecule has 0 spiro atoms. The summed E-state index contributed by atoms with van der Waals surface area (Å²) in [6.07, 6.45) is 2.24. The number of nitrogens with one attached hydrogen (secondary N) is 1. The average molecular weight is 534 g/mol. The SMILES string of the molecule is CC1(Cc2ccc(Cl)cc2)C(=O)N(c2cc(Cl)cc(Cl)c2)c2ncc(C(=O)NC3(C(=O)O)CC3)n21. The molecule has 180 valence electrons. The van der Waals surface area contributed by atoms with E-state index in [0.29, 0.717) is 33.6 Å². The third-order valence-electron chi connectivity index (χ3n) is 6.41. The van der Waals surface area contributed by atoms with E-state index in [9.17, 15) is 19.5 Å². The molecule has 11 heteroatoms. The Labute approximate surface area is 215 Å². The van der Waals surface area contributed by atoms with Crippen molar-refractivity contribution < 1.29 is 19.5 Å². The van der Waals surface area contributed by atoms with Gasteiger partial charge in [0.25, 0.3) is 11.8 Å². The molecule has 1 fully saturated rings. The third-order valence-corrected chi connectivity index (χ3v) is 7.10. The zero-order valence-corrected chi connectivity index (χ0v) is 20.7. The lowest BCUT2D eigenvalue weighted by Crippen LogP contribution is -2.46. The molecule has 5 rings (SSSR count). The number of hydrogen-bond donors (Lipinski definition) is 2. The van der Waals surface area contributed by atoms with Gasteiger partial charge in [0, 0.05) is 21.5 Å². The Bertz CT molecular complexity index is 1360. The number of hydrogen-bond acceptors (Lipinski definition) is 4. The van der Waals surface area contributed by atoms with E-state index in [4.69, 9.17) is 34.8 Å². The Morgan fingerprint density at radius 3 is 2.26 bits per heavy atom. The predicted molar refractivity (Wildman–Crippen MR) is 132 cm³/mol. The van der Waals surface area contributed by atoms with Crippen molar-refractivity contribution >= 4 is 64.2 Å². The smallest absolute Gasteiger partial charge is 0.329 e. The summed E-state index contributed by atoms with van der Waals surface area (Å²) < 4.78 is 1.55. The van der Waals surface area contributed by atoms with Crippen molar-refractivity contribution in [3.63, 3.8) is 0 Å². The number of carboxylic acid groups (broad SMARTS) is 1. The molecular weight excluding hydrogens is 515 g/mol. The standard InChI is InChI=1S/C24H19Cl3N4O4/c1-23(11-13-2-4-14(25)5-3-13)20(33)30(17-9-15(26)8-16(27)10-17)22-28-12-18(31(22)23)19(32)29-24(6-7-24)21(34)35/h2-5,8-10,12H,6-7,11H2,1H3,(H,29,32)(H,34,35). The zero-order valence-electron chi connectivity index (χ0n) is 18.4. The summed E-state index contributed by atoms with van der Waals surface area (Å²) in [7, 11) is 0. The molecule has 1 saturated carbocycles. The van der Waals surface area contributed by atoms with Gasteiger partial charge >= 0.3 is 5.97 Å². The van der Waals surface area contributed by atoms with Crippen molar-refractivity contribution in [2.24, 2.45) is 0 Å². The second-order valence-corrected chi connectivity index (χ2v) is 10.3. The molecule has 1 atom stereocenters. The minimum absolute atomic E-state index is 0.0768. The molecular formula is C24H19Cl3N4O4. The molecule has 35 heavy (non-hydrogen) atoms. The maximum atomic E-state index is 13.9. The first-order valence-corrected chi connectivity index (χ1v) is 11.9. The van der Waals surface area contributed by atoms with Crippen LogP contribution >= 0.6 is 34.8 Å². The number of amides is 2. The Kier molecular flexibility index (Phi) is 5.58. The van der Waals surface area contributed by atoms with E-state index in [1.54, 1.807) is 54.0 Å². The summed E-state index contributed by atoms with van der Waals surface area (Å²) in [4.78, 5) is 44.6. The van der Waals surface area contributed by atoms with Crippen molar-refractivity contribution in [3.8, 4) is 0 Å². The molecule has 0 radical (unpaired) electrons. The summed E-state index contributed by atoms with van der Waals surface area (Å²) in [5.41, 5.74) is -1.27. The summed E-state index contributed by atoms with van der Waals surface area (Å²) in [5, 5.41) is 13.3. The van der Waals surface area contributed by atoms with E-state index < -0.39 is 23.0 Å². The monoisotopic (exact) mass is 532 g/mol. The minimum atomic E-state index is -1.29. The number of halogens is 3. The molecule has 1 aromatic heterocycles. The number of nitrogens with zero attached hydrogens (tertiary/aromatic N) is 3. The quantitative estimate of drug-likeness (QED) is 0.472. The van der Waals surface area contributed by atoms with Gasteiger partial charge in [-0.1, -0.05) is 46.9 Å². The number of aliphatic carboxylic acids is 1. The van der Waals surface area contributed by atoms with Crippen molar-refractivity contribution in [2.45, 2.75) is 37.3 Å². The van der Waals surface area contributed by atoms with Crippen LogP contribution in [0.3, 0.4) is 0 Å². The molecule has 3 aromatic rings. The van der Waals surface area contributed by atoms with Crippen molar-refractivity contribution in [2.75, 3.05) is 4.90 Å². The number of rotatable bonds is 6. The van der Waals surface area contributed by atoms with Gasteiger partial charge in [0.15, 0.2) is 0 Å². The van der Waals surface area contributed by atoms with Gasteiger partial charge in [0.05, 0.1) is 11.9 Å². The van der Waals surface area contributed by atoms with Gasteiger partial charge in [-0.25, -0.2) is 14.7 Å². The first kappa shape index (κ1) is 23.7. The molecule has 1 aliphatic heterocycles. The highest BCUT2D eigenvalue weighted by atomic mass is 35.5. The Morgan fingerprint density at radius 1 is 1.06 bits per heavy atom. The molecule has 0 saturated heterocycles. The molecule has 2 heterocycles. The van der Waals surface area contributed by atoms with Crippen molar-refractivity contribution in [1.29, 1.82) is 0 Å². The van der Waals surface area contributed by atoms with E-state index in [0.717, 1.165) is 5.56 Å². The van der Waals surface area contributed by atoms with Crippen LogP contribution in [-0.2, 0) is 21.5 Å². The number of carbonyl (C=O) groups excluding carboxylic acids is 2. The third kappa shape index (κ3) is 3.95. The number of aromatic nitrogens is 2. The Morgan fingerprint density at radius 2 is 1.69 bits per heavy atom. The van der Waals surface area contributed by atoms with E-state index >= 15 is 0 Å². The number of fused-ring (bicyclic) bond motifs is 1. The summed E-state index contributed by atoms with van der Waals surface area (Å²) >= 11 is 18.4. The second-order valence-electron chi connectivity index (χ2n) is 8.97. The lowest BCUT2D eigenvalue weighted by Gasteiger charge is -2.27. The summed E-state index contributed by atoms with van der Waals surface area (Å²) in [6.45, 7) is 1.71. The first-order valence-electron chi connectivity index (χ1n) is 10.7. The van der Waals surface area contributed by atoms with Crippen LogP contribution in [0.15, 0.2) is 48.7 Å². The van der Waals surface area contributed by atoms with E-state index in [-0.39, 0.29) is 24.0 Å². The van der Waals surface area contributed by atoms with Crippen LogP contribution in [0.4, 0.5) is 11.6 Å². The van der Waals surface area contributed by atoms with Gasteiger partial charge in [-0.3, -0.25) is 14.2 Å². The van der Waals surface area contributed by atoms with E-state index in [1.807, 2.05) is 0 Å². The predicted octanol–water partition coefficient (Wildman–Crippen LogP) is 4.83. The lowest BCUT2D eigenvalue weighted by molar-refractivity contribution is -0.140. The highest BCUT2D eigenvalue weighted by Gasteiger charge is 2.54. The van der Waals surface area contributed by atoms with Gasteiger partial charge in [-0.15, -0.1) is 0 Å². The number of benzene rings is 2. The van der Waals surface area contributed by atoms with Crippen LogP contribution in [0.5, 0.6) is 0 Å². The highest BCUT2D eigenvalue weighted by Crippen LogP contribution is 2.44. The Balaban J connectivity index is 1.62. The fourth-order valence-corrected chi connectivity index (χ4v) is 5.07. The first-order chi connectivity index (χ1) is 16.5. The van der Waals surface area contributed by atoms with Gasteiger partial charge in [0.2, 0.25) is 5.95 Å². The minimum Gasteiger partial charge on any atom is -0.480 e. The van der Waals surface area contributed by atoms with Crippen LogP contribution in [0.25, 0.3) is 0 Å². The van der Waals surface area contributed by atoms with Gasteiger partial charge < -0.3 is 10.4 Å². The second kappa shape index (κ2) is 8.26. The fourth-order valence-electron chi connectivity index (χ4n) is 4.43. The average Bonchev–Trinajstić information content (AvgIpc) is 3.38. The molecule has 1 aliphatic carbocycles. The van der Waals surface area contributed by atoms with E-state index in [1.165, 1.54) is 11.1 Å². The normalized spacial score (nSPS) is 20.0. The number of anilines is 2. The molecule has 2 amide bonds. The van der Waals surface area contributed by atoms with Crippen LogP contribution in [-0.4, -0.2) is 38.0 Å². The highest BCUT2D eigenvalue weighted by molar-refractivity contribution is 6.35. The molecule has 0 bridgehead atoms. The topological polar surface area (TPSA) is 105 Å². The molecule has 8 nitrogen and oxygen atoms in total. The molecule has 1 unspecified atom stereocenters. The number of imidazole rings is 1. The van der Waals surface area contributed by atoms with Crippen LogP contribution in [0.1, 0.15) is 35.8 Å². The van der Waals surface area contributed by atoms with E-state index in [2.05, 4.69) is 10.3 Å². The van der Waals surface area contributed by atoms with Crippen molar-refractivity contribution in [1.82, 2.24) is 14.9 Å². The van der Waals surface area contributed by atoms with Crippen LogP contribution in [0, 0.1) is 0 Å². The maximum absolute atomic E-state index is 13.9. The molecule has 2 aliphatic rings. The summed E-state index contributed by atoms with van der Waals surface area (Å²) in [5.74, 6) is -1.86. The molecule has 2 aromatic carbocycles. The summed E-state index contributed by atoms with van der Waals surface area (Å²) in [6, 6.07) is 11.8. The number of carboxylic acids is 1. The largest absolute Gasteiger partial charge is 0.480 e. The fraction of sp³-hybridized carbons (Fsp3) is 0.250. The van der Waals surface area contributed by atoms with Gasteiger partial charge in [-0.05, 0) is 55.7 Å². The Hall–Kier alpha value is -3.07. The van der Waals surface area contributed by atoms with Crippen LogP contribution in [0.2, 0.25) is 15.1 Å². The number of carbonyl (C=O) groups is 3. The van der Waals surface area contributed by atoms with Gasteiger partial charge in [-0.2, -0.15) is 0 Å². The lowest BCUT2D eigenvalue weighted by atomic mass is 9.91.